The molecule has 0 saturated heterocycles. The summed E-state index contributed by atoms with van der Waals surface area (Å²) in [6, 6.07) is 10.6. The molecule has 0 fully saturated rings. The van der Waals surface area contributed by atoms with E-state index in [1.807, 2.05) is 0 Å². The number of rotatable bonds is 15. The van der Waals surface area contributed by atoms with Crippen molar-refractivity contribution in [2.75, 3.05) is 13.2 Å². The summed E-state index contributed by atoms with van der Waals surface area (Å²) in [6.45, 7) is 8.03. The quantitative estimate of drug-likeness (QED) is 0.213. The van der Waals surface area contributed by atoms with Gasteiger partial charge in [0.1, 0.15) is 11.5 Å². The van der Waals surface area contributed by atoms with Crippen molar-refractivity contribution in [1.29, 1.82) is 0 Å². The van der Waals surface area contributed by atoms with Gasteiger partial charge >= 0.3 is 0 Å². The van der Waals surface area contributed by atoms with Gasteiger partial charge in [0, 0.05) is 16.1 Å². The van der Waals surface area contributed by atoms with Gasteiger partial charge in [-0.05, 0) is 50.7 Å². The zero-order valence-electron chi connectivity index (χ0n) is 18.6. The SMILES string of the molecule is CCCCCCCCOc1c(C)cc(OCCCCC(Cl)CC)c2ccccc12. The van der Waals surface area contributed by atoms with Gasteiger partial charge < -0.3 is 9.47 Å². The van der Waals surface area contributed by atoms with Crippen molar-refractivity contribution >= 4 is 22.4 Å². The fourth-order valence-electron chi connectivity index (χ4n) is 3.67. The molecule has 0 radical (unpaired) electrons. The highest BCUT2D eigenvalue weighted by Gasteiger charge is 2.12. The molecule has 0 aromatic heterocycles. The molecule has 0 saturated carbocycles. The van der Waals surface area contributed by atoms with Gasteiger partial charge in [-0.15, -0.1) is 11.6 Å². The molecule has 0 N–H and O–H groups in total. The molecule has 0 aliphatic carbocycles. The van der Waals surface area contributed by atoms with Crippen LogP contribution in [0.5, 0.6) is 11.5 Å². The predicted molar refractivity (Wildman–Crippen MR) is 127 cm³/mol. The Morgan fingerprint density at radius 2 is 1.48 bits per heavy atom. The molecule has 0 bridgehead atoms. The Morgan fingerprint density at radius 3 is 2.24 bits per heavy atom. The van der Waals surface area contributed by atoms with Gasteiger partial charge in [0.05, 0.1) is 13.2 Å². The lowest BCUT2D eigenvalue weighted by Crippen LogP contribution is -2.03. The summed E-state index contributed by atoms with van der Waals surface area (Å²) in [5.74, 6) is 1.97. The first-order valence-corrected chi connectivity index (χ1v) is 12.0. The second kappa shape index (κ2) is 13.7. The summed E-state index contributed by atoms with van der Waals surface area (Å²) in [4.78, 5) is 0. The van der Waals surface area contributed by atoms with Crippen molar-refractivity contribution in [2.45, 2.75) is 90.4 Å². The maximum Gasteiger partial charge on any atom is 0.130 e. The monoisotopic (exact) mass is 418 g/mol. The lowest BCUT2D eigenvalue weighted by molar-refractivity contribution is 0.300. The van der Waals surface area contributed by atoms with Crippen LogP contribution in [-0.4, -0.2) is 18.6 Å². The van der Waals surface area contributed by atoms with E-state index in [-0.39, 0.29) is 0 Å². The number of hydrogen-bond acceptors (Lipinski definition) is 2. The number of aryl methyl sites for hydroxylation is 1. The first-order chi connectivity index (χ1) is 14.2. The standard InChI is InChI=1S/C26H39ClO2/c1-4-6-7-8-9-13-19-29-26-21(3)20-25(23-16-10-11-17-24(23)26)28-18-14-12-15-22(27)5-2/h10-11,16-17,20,22H,4-9,12-15,18-19H2,1-3H3. The van der Waals surface area contributed by atoms with Gasteiger partial charge in [0.2, 0.25) is 0 Å². The van der Waals surface area contributed by atoms with Crippen LogP contribution in [0.3, 0.4) is 0 Å². The average molecular weight is 419 g/mol. The second-order valence-electron chi connectivity index (χ2n) is 8.03. The molecule has 0 spiro atoms. The fraction of sp³-hybridized carbons (Fsp3) is 0.615. The van der Waals surface area contributed by atoms with E-state index in [9.17, 15) is 0 Å². The number of ether oxygens (including phenoxy) is 2. The minimum atomic E-state index is 0.293. The Morgan fingerprint density at radius 1 is 0.828 bits per heavy atom. The molecule has 0 aliphatic heterocycles. The fourth-order valence-corrected chi connectivity index (χ4v) is 3.82. The zero-order valence-corrected chi connectivity index (χ0v) is 19.4. The number of halogens is 1. The van der Waals surface area contributed by atoms with Crippen LogP contribution in [0.4, 0.5) is 0 Å². The molecule has 2 rings (SSSR count). The molecule has 2 aromatic carbocycles. The van der Waals surface area contributed by atoms with Gasteiger partial charge in [-0.3, -0.25) is 0 Å². The maximum absolute atomic E-state index is 6.22. The van der Waals surface area contributed by atoms with E-state index in [0.717, 1.165) is 73.2 Å². The largest absolute Gasteiger partial charge is 0.493 e. The highest BCUT2D eigenvalue weighted by molar-refractivity contribution is 6.20. The molecule has 0 heterocycles. The van der Waals surface area contributed by atoms with Crippen molar-refractivity contribution in [3.8, 4) is 11.5 Å². The molecular weight excluding hydrogens is 380 g/mol. The van der Waals surface area contributed by atoms with E-state index < -0.39 is 0 Å². The van der Waals surface area contributed by atoms with E-state index in [4.69, 9.17) is 21.1 Å². The van der Waals surface area contributed by atoms with Crippen molar-refractivity contribution in [2.24, 2.45) is 0 Å². The molecule has 2 nitrogen and oxygen atoms in total. The third-order valence-electron chi connectivity index (χ3n) is 5.50. The van der Waals surface area contributed by atoms with Crippen LogP contribution in [0.15, 0.2) is 30.3 Å². The van der Waals surface area contributed by atoms with Crippen LogP contribution in [0.25, 0.3) is 10.8 Å². The van der Waals surface area contributed by atoms with Crippen LogP contribution >= 0.6 is 11.6 Å². The smallest absolute Gasteiger partial charge is 0.130 e. The molecule has 0 amide bonds. The van der Waals surface area contributed by atoms with E-state index >= 15 is 0 Å². The first-order valence-electron chi connectivity index (χ1n) is 11.6. The minimum absolute atomic E-state index is 0.293. The number of alkyl halides is 1. The Kier molecular flexibility index (Phi) is 11.3. The Bertz CT molecular complexity index is 713. The number of hydrogen-bond donors (Lipinski definition) is 0. The predicted octanol–water partition coefficient (Wildman–Crippen LogP) is 8.45. The van der Waals surface area contributed by atoms with Crippen molar-refractivity contribution < 1.29 is 9.47 Å². The molecule has 29 heavy (non-hydrogen) atoms. The lowest BCUT2D eigenvalue weighted by atomic mass is 10.0. The van der Waals surface area contributed by atoms with Gasteiger partial charge in [-0.25, -0.2) is 0 Å². The third kappa shape index (κ3) is 8.09. The Labute approximate surface area is 182 Å². The van der Waals surface area contributed by atoms with E-state index in [0.29, 0.717) is 5.38 Å². The van der Waals surface area contributed by atoms with Crippen molar-refractivity contribution in [3.63, 3.8) is 0 Å². The van der Waals surface area contributed by atoms with E-state index in [2.05, 4.69) is 51.1 Å². The summed E-state index contributed by atoms with van der Waals surface area (Å²) in [6.07, 6.45) is 11.9. The van der Waals surface area contributed by atoms with Crippen molar-refractivity contribution in [3.05, 3.63) is 35.9 Å². The van der Waals surface area contributed by atoms with E-state index in [1.165, 1.54) is 32.1 Å². The normalized spacial score (nSPS) is 12.3. The van der Waals surface area contributed by atoms with Gasteiger partial charge in [0.25, 0.3) is 0 Å². The summed E-state index contributed by atoms with van der Waals surface area (Å²) < 4.78 is 12.4. The summed E-state index contributed by atoms with van der Waals surface area (Å²) in [5, 5.41) is 2.58. The van der Waals surface area contributed by atoms with Gasteiger partial charge in [0.15, 0.2) is 0 Å². The lowest BCUT2D eigenvalue weighted by Gasteiger charge is -2.16. The number of unbranched alkanes of at least 4 members (excludes halogenated alkanes) is 6. The summed E-state index contributed by atoms with van der Waals surface area (Å²) in [5.41, 5.74) is 1.15. The molecule has 1 atom stereocenters. The van der Waals surface area contributed by atoms with Crippen molar-refractivity contribution in [1.82, 2.24) is 0 Å². The molecule has 3 heteroatoms. The highest BCUT2D eigenvalue weighted by atomic mass is 35.5. The molecule has 0 aliphatic rings. The summed E-state index contributed by atoms with van der Waals surface area (Å²) in [7, 11) is 0. The van der Waals surface area contributed by atoms with Crippen LogP contribution in [0, 0.1) is 6.92 Å². The van der Waals surface area contributed by atoms with Crippen LogP contribution in [0.2, 0.25) is 0 Å². The summed E-state index contributed by atoms with van der Waals surface area (Å²) >= 11 is 6.21. The molecule has 2 aromatic rings. The Hall–Kier alpha value is -1.41. The van der Waals surface area contributed by atoms with Crippen LogP contribution < -0.4 is 9.47 Å². The molecule has 1 unspecified atom stereocenters. The zero-order chi connectivity index (χ0) is 20.9. The van der Waals surface area contributed by atoms with Gasteiger partial charge in [-0.1, -0.05) is 70.2 Å². The maximum atomic E-state index is 6.22. The number of benzene rings is 2. The van der Waals surface area contributed by atoms with Crippen LogP contribution in [-0.2, 0) is 0 Å². The van der Waals surface area contributed by atoms with E-state index in [1.54, 1.807) is 0 Å². The van der Waals surface area contributed by atoms with Gasteiger partial charge in [-0.2, -0.15) is 0 Å². The highest BCUT2D eigenvalue weighted by Crippen LogP contribution is 2.36. The second-order valence-corrected chi connectivity index (χ2v) is 8.65. The third-order valence-corrected chi connectivity index (χ3v) is 6.03. The van der Waals surface area contributed by atoms with Crippen LogP contribution in [0.1, 0.15) is 83.6 Å². The Balaban J connectivity index is 1.93. The topological polar surface area (TPSA) is 18.5 Å². The minimum Gasteiger partial charge on any atom is -0.493 e. The first kappa shape index (κ1) is 23.9. The molecular formula is C26H39ClO2. The molecule has 162 valence electrons. The average Bonchev–Trinajstić information content (AvgIpc) is 2.74. The number of fused-ring (bicyclic) bond motifs is 1.